The molecule has 1 amide bonds. The first-order valence-electron chi connectivity index (χ1n) is 6.74. The number of carbonyl (C=O) groups is 1. The summed E-state index contributed by atoms with van der Waals surface area (Å²) in [5, 5.41) is 6.28. The van der Waals surface area contributed by atoms with Gasteiger partial charge in [-0.2, -0.15) is 0 Å². The van der Waals surface area contributed by atoms with Gasteiger partial charge in [-0.1, -0.05) is 41.9 Å². The van der Waals surface area contributed by atoms with E-state index in [2.05, 4.69) is 59.5 Å². The number of benzene rings is 1. The van der Waals surface area contributed by atoms with Crippen LogP contribution in [0.5, 0.6) is 0 Å². The highest BCUT2D eigenvalue weighted by molar-refractivity contribution is 9.10. The summed E-state index contributed by atoms with van der Waals surface area (Å²) in [4.78, 5) is 11.6. The first-order chi connectivity index (χ1) is 8.99. The van der Waals surface area contributed by atoms with Gasteiger partial charge in [0.1, 0.15) is 0 Å². The first kappa shape index (κ1) is 16.2. The second kappa shape index (κ2) is 8.33. The van der Waals surface area contributed by atoms with Crippen LogP contribution >= 0.6 is 15.9 Å². The van der Waals surface area contributed by atoms with Crippen molar-refractivity contribution in [3.63, 3.8) is 0 Å². The fourth-order valence-electron chi connectivity index (χ4n) is 1.70. The Bertz CT molecular complexity index is 407. The predicted octanol–water partition coefficient (Wildman–Crippen LogP) is 3.26. The molecule has 0 saturated heterocycles. The van der Waals surface area contributed by atoms with Crippen LogP contribution in [0, 0.1) is 5.92 Å². The van der Waals surface area contributed by atoms with Crippen LogP contribution in [-0.2, 0) is 4.79 Å². The zero-order valence-corrected chi connectivity index (χ0v) is 13.5. The van der Waals surface area contributed by atoms with Gasteiger partial charge in [-0.25, -0.2) is 0 Å². The minimum absolute atomic E-state index is 0.114. The van der Waals surface area contributed by atoms with Gasteiger partial charge in [0.2, 0.25) is 5.91 Å². The van der Waals surface area contributed by atoms with Crippen LogP contribution in [-0.4, -0.2) is 19.0 Å². The number of carbonyl (C=O) groups excluding carboxylic acids is 1. The molecule has 0 saturated carbocycles. The predicted molar refractivity (Wildman–Crippen MR) is 83.0 cm³/mol. The van der Waals surface area contributed by atoms with E-state index >= 15 is 0 Å². The summed E-state index contributed by atoms with van der Waals surface area (Å²) in [6.07, 6.45) is 0.519. The molecule has 1 aromatic carbocycles. The summed E-state index contributed by atoms with van der Waals surface area (Å²) in [7, 11) is 0. The molecule has 19 heavy (non-hydrogen) atoms. The highest BCUT2D eigenvalue weighted by Gasteiger charge is 2.06. The standard InChI is InChI=1S/C15H23BrN2O/c1-11(2)10-18-15(19)7-8-17-12(3)13-5-4-6-14(16)9-13/h4-6,9,11-12,17H,7-8,10H2,1-3H3,(H,18,19). The maximum Gasteiger partial charge on any atom is 0.221 e. The Balaban J connectivity index is 2.27. The SMILES string of the molecule is CC(C)CNC(=O)CCNC(C)c1cccc(Br)c1. The van der Waals surface area contributed by atoms with Crippen LogP contribution in [0.1, 0.15) is 38.8 Å². The van der Waals surface area contributed by atoms with Crippen molar-refractivity contribution in [2.24, 2.45) is 5.92 Å². The Morgan fingerprint density at radius 3 is 2.68 bits per heavy atom. The van der Waals surface area contributed by atoms with Gasteiger partial charge in [-0.3, -0.25) is 4.79 Å². The Morgan fingerprint density at radius 1 is 1.32 bits per heavy atom. The average molecular weight is 327 g/mol. The molecule has 1 unspecified atom stereocenters. The Labute approximate surface area is 124 Å². The van der Waals surface area contributed by atoms with Crippen LogP contribution in [0.2, 0.25) is 0 Å². The van der Waals surface area contributed by atoms with Crippen molar-refractivity contribution in [1.29, 1.82) is 0 Å². The van der Waals surface area contributed by atoms with Crippen LogP contribution in [0.25, 0.3) is 0 Å². The number of halogens is 1. The molecular formula is C15H23BrN2O. The van der Waals surface area contributed by atoms with Crippen LogP contribution in [0.4, 0.5) is 0 Å². The third-order valence-corrected chi connectivity index (χ3v) is 3.35. The Hall–Kier alpha value is -0.870. The molecule has 106 valence electrons. The van der Waals surface area contributed by atoms with E-state index in [0.717, 1.165) is 11.0 Å². The van der Waals surface area contributed by atoms with Crippen LogP contribution in [0.15, 0.2) is 28.7 Å². The summed E-state index contributed by atoms with van der Waals surface area (Å²) in [6, 6.07) is 8.45. The lowest BCUT2D eigenvalue weighted by atomic mass is 10.1. The van der Waals surface area contributed by atoms with Crippen molar-refractivity contribution in [2.45, 2.75) is 33.2 Å². The van der Waals surface area contributed by atoms with E-state index in [1.165, 1.54) is 5.56 Å². The molecule has 1 rings (SSSR count). The summed E-state index contributed by atoms with van der Waals surface area (Å²) >= 11 is 3.46. The molecule has 0 fully saturated rings. The smallest absolute Gasteiger partial charge is 0.221 e. The van der Waals surface area contributed by atoms with Gasteiger partial charge in [0, 0.05) is 30.0 Å². The van der Waals surface area contributed by atoms with E-state index in [1.54, 1.807) is 0 Å². The molecule has 4 heteroatoms. The summed E-state index contributed by atoms with van der Waals surface area (Å²) < 4.78 is 1.08. The largest absolute Gasteiger partial charge is 0.356 e. The molecule has 0 spiro atoms. The van der Waals surface area contributed by atoms with E-state index < -0.39 is 0 Å². The third kappa shape index (κ3) is 6.73. The Morgan fingerprint density at radius 2 is 2.05 bits per heavy atom. The maximum absolute atomic E-state index is 11.6. The van der Waals surface area contributed by atoms with E-state index in [9.17, 15) is 4.79 Å². The van der Waals surface area contributed by atoms with Crippen molar-refractivity contribution in [2.75, 3.05) is 13.1 Å². The lowest BCUT2D eigenvalue weighted by Gasteiger charge is -2.14. The molecule has 0 aliphatic carbocycles. The van der Waals surface area contributed by atoms with Crippen LogP contribution < -0.4 is 10.6 Å². The lowest BCUT2D eigenvalue weighted by molar-refractivity contribution is -0.121. The second-order valence-corrected chi connectivity index (χ2v) is 6.09. The van der Waals surface area contributed by atoms with Gasteiger partial charge >= 0.3 is 0 Å². The quantitative estimate of drug-likeness (QED) is 0.807. The van der Waals surface area contributed by atoms with Crippen molar-refractivity contribution >= 4 is 21.8 Å². The first-order valence-corrected chi connectivity index (χ1v) is 7.54. The van der Waals surface area contributed by atoms with E-state index in [4.69, 9.17) is 0 Å². The molecule has 1 atom stereocenters. The van der Waals surface area contributed by atoms with E-state index in [0.29, 0.717) is 18.9 Å². The zero-order chi connectivity index (χ0) is 14.3. The minimum Gasteiger partial charge on any atom is -0.356 e. The molecule has 0 heterocycles. The van der Waals surface area contributed by atoms with Gasteiger partial charge in [-0.05, 0) is 30.5 Å². The van der Waals surface area contributed by atoms with E-state index in [1.807, 2.05) is 12.1 Å². The summed E-state index contributed by atoms with van der Waals surface area (Å²) in [5.74, 6) is 0.611. The molecule has 3 nitrogen and oxygen atoms in total. The van der Waals surface area contributed by atoms with Crippen molar-refractivity contribution < 1.29 is 4.79 Å². The average Bonchev–Trinajstić information content (AvgIpc) is 2.36. The van der Waals surface area contributed by atoms with Gasteiger partial charge in [0.25, 0.3) is 0 Å². The molecule has 0 aliphatic rings. The lowest BCUT2D eigenvalue weighted by Crippen LogP contribution is -2.31. The molecule has 0 bridgehead atoms. The van der Waals surface area contributed by atoms with Gasteiger partial charge in [0.15, 0.2) is 0 Å². The number of rotatable bonds is 7. The van der Waals surface area contributed by atoms with Crippen LogP contribution in [0.3, 0.4) is 0 Å². The highest BCUT2D eigenvalue weighted by atomic mass is 79.9. The number of nitrogens with one attached hydrogen (secondary N) is 2. The van der Waals surface area contributed by atoms with Gasteiger partial charge in [0.05, 0.1) is 0 Å². The normalized spacial score (nSPS) is 12.5. The minimum atomic E-state index is 0.114. The van der Waals surface area contributed by atoms with Crippen molar-refractivity contribution in [3.8, 4) is 0 Å². The molecule has 0 radical (unpaired) electrons. The second-order valence-electron chi connectivity index (χ2n) is 5.18. The zero-order valence-electron chi connectivity index (χ0n) is 11.9. The maximum atomic E-state index is 11.6. The fourth-order valence-corrected chi connectivity index (χ4v) is 2.12. The number of hydrogen-bond acceptors (Lipinski definition) is 2. The number of amides is 1. The van der Waals surface area contributed by atoms with Crippen molar-refractivity contribution in [3.05, 3.63) is 34.3 Å². The fraction of sp³-hybridized carbons (Fsp3) is 0.533. The van der Waals surface area contributed by atoms with E-state index in [-0.39, 0.29) is 11.9 Å². The molecule has 0 aliphatic heterocycles. The van der Waals surface area contributed by atoms with Crippen molar-refractivity contribution in [1.82, 2.24) is 10.6 Å². The number of hydrogen-bond donors (Lipinski definition) is 2. The summed E-state index contributed by atoms with van der Waals surface area (Å²) in [5.41, 5.74) is 1.22. The molecular weight excluding hydrogens is 304 g/mol. The Kier molecular flexibility index (Phi) is 7.10. The highest BCUT2D eigenvalue weighted by Crippen LogP contribution is 2.17. The summed E-state index contributed by atoms with van der Waals surface area (Å²) in [6.45, 7) is 7.73. The molecule has 2 N–H and O–H groups in total. The third-order valence-electron chi connectivity index (χ3n) is 2.86. The topological polar surface area (TPSA) is 41.1 Å². The molecule has 0 aromatic heterocycles. The van der Waals surface area contributed by atoms with Gasteiger partial charge < -0.3 is 10.6 Å². The van der Waals surface area contributed by atoms with Gasteiger partial charge in [-0.15, -0.1) is 0 Å². The monoisotopic (exact) mass is 326 g/mol. The molecule has 1 aromatic rings.